The number of nitrogens with zero attached hydrogens (tertiary/aromatic N) is 3. The van der Waals surface area contributed by atoms with Crippen LogP contribution in [0.25, 0.3) is 11.5 Å². The number of likely N-dealkylation sites (tertiary alicyclic amines) is 1. The van der Waals surface area contributed by atoms with Gasteiger partial charge in [0, 0.05) is 18.7 Å². The van der Waals surface area contributed by atoms with E-state index < -0.39 is 5.60 Å². The van der Waals surface area contributed by atoms with Gasteiger partial charge in [-0.1, -0.05) is 22.9 Å². The molecule has 1 unspecified atom stereocenters. The maximum atomic E-state index is 9.95. The number of benzene rings is 1. The zero-order valence-electron chi connectivity index (χ0n) is 11.8. The molecule has 0 radical (unpaired) electrons. The van der Waals surface area contributed by atoms with Crippen LogP contribution in [0.4, 0.5) is 0 Å². The van der Waals surface area contributed by atoms with Gasteiger partial charge >= 0.3 is 0 Å². The molecule has 1 aliphatic rings. The van der Waals surface area contributed by atoms with Gasteiger partial charge in [0.25, 0.3) is 5.89 Å². The molecule has 20 heavy (non-hydrogen) atoms. The largest absolute Gasteiger partial charge is 0.389 e. The fourth-order valence-corrected chi connectivity index (χ4v) is 2.59. The van der Waals surface area contributed by atoms with Crippen LogP contribution in [0.2, 0.25) is 0 Å². The molecule has 1 aromatic carbocycles. The number of aliphatic hydroxyl groups is 1. The van der Waals surface area contributed by atoms with E-state index in [1.807, 2.05) is 38.1 Å². The number of aromatic nitrogens is 2. The smallest absolute Gasteiger partial charge is 0.257 e. The molecule has 0 saturated carbocycles. The van der Waals surface area contributed by atoms with Gasteiger partial charge in [0.15, 0.2) is 5.82 Å². The van der Waals surface area contributed by atoms with E-state index in [0.717, 1.165) is 24.1 Å². The number of rotatable bonds is 3. The van der Waals surface area contributed by atoms with Crippen molar-refractivity contribution in [3.8, 4) is 11.5 Å². The van der Waals surface area contributed by atoms with Crippen molar-refractivity contribution in [1.29, 1.82) is 0 Å². The predicted molar refractivity (Wildman–Crippen MR) is 75.0 cm³/mol. The number of hydrogen-bond donors (Lipinski definition) is 1. The minimum Gasteiger partial charge on any atom is -0.389 e. The van der Waals surface area contributed by atoms with Crippen LogP contribution in [0, 0.1) is 6.92 Å². The topological polar surface area (TPSA) is 62.4 Å². The van der Waals surface area contributed by atoms with E-state index in [0.29, 0.717) is 24.8 Å². The van der Waals surface area contributed by atoms with E-state index in [1.165, 1.54) is 0 Å². The number of aryl methyl sites for hydroxylation is 1. The van der Waals surface area contributed by atoms with Crippen molar-refractivity contribution in [2.45, 2.75) is 32.4 Å². The molecule has 0 aliphatic carbocycles. The van der Waals surface area contributed by atoms with Gasteiger partial charge in [-0.3, -0.25) is 4.90 Å². The average Bonchev–Trinajstić information content (AvgIpc) is 2.97. The molecule has 5 nitrogen and oxygen atoms in total. The molecule has 0 bridgehead atoms. The van der Waals surface area contributed by atoms with Crippen LogP contribution in [0.3, 0.4) is 0 Å². The van der Waals surface area contributed by atoms with Crippen molar-refractivity contribution in [2.24, 2.45) is 0 Å². The first-order valence-electron chi connectivity index (χ1n) is 6.86. The summed E-state index contributed by atoms with van der Waals surface area (Å²) in [5, 5.41) is 14.0. The Morgan fingerprint density at radius 3 is 3.00 bits per heavy atom. The van der Waals surface area contributed by atoms with Gasteiger partial charge in [-0.2, -0.15) is 4.98 Å². The summed E-state index contributed by atoms with van der Waals surface area (Å²) in [4.78, 5) is 6.58. The molecule has 5 heteroatoms. The number of β-amino-alcohol motifs (C(OH)–C–C–N with tert-alkyl or cyclic N) is 1. The van der Waals surface area contributed by atoms with Gasteiger partial charge in [-0.25, -0.2) is 0 Å². The lowest BCUT2D eigenvalue weighted by atomic mass is 10.1. The molecular formula is C15H19N3O2. The molecular weight excluding hydrogens is 254 g/mol. The van der Waals surface area contributed by atoms with Crippen molar-refractivity contribution >= 4 is 0 Å². The third-order valence-electron chi connectivity index (χ3n) is 3.63. The molecule has 0 amide bonds. The summed E-state index contributed by atoms with van der Waals surface area (Å²) in [5.41, 5.74) is 1.51. The van der Waals surface area contributed by atoms with Gasteiger partial charge in [0.05, 0.1) is 12.1 Å². The molecule has 1 fully saturated rings. The Kier molecular flexibility index (Phi) is 3.31. The molecule has 1 saturated heterocycles. The lowest BCUT2D eigenvalue weighted by Crippen LogP contribution is -2.29. The summed E-state index contributed by atoms with van der Waals surface area (Å²) in [6, 6.07) is 8.00. The van der Waals surface area contributed by atoms with Crippen LogP contribution in [0.15, 0.2) is 28.8 Å². The van der Waals surface area contributed by atoms with Crippen molar-refractivity contribution in [2.75, 3.05) is 13.1 Å². The van der Waals surface area contributed by atoms with Crippen molar-refractivity contribution in [3.05, 3.63) is 35.7 Å². The summed E-state index contributed by atoms with van der Waals surface area (Å²) in [6.07, 6.45) is 0.787. The maximum Gasteiger partial charge on any atom is 0.257 e. The second kappa shape index (κ2) is 5.00. The highest BCUT2D eigenvalue weighted by Gasteiger charge is 2.31. The van der Waals surface area contributed by atoms with E-state index in [-0.39, 0.29) is 0 Å². The normalized spacial score (nSPS) is 23.4. The molecule has 2 aromatic rings. The SMILES string of the molecule is Cc1cccc(-c2nc(CN3CCC(C)(O)C3)no2)c1. The summed E-state index contributed by atoms with van der Waals surface area (Å²) in [7, 11) is 0. The van der Waals surface area contributed by atoms with Crippen molar-refractivity contribution in [3.63, 3.8) is 0 Å². The average molecular weight is 273 g/mol. The molecule has 0 spiro atoms. The molecule has 3 rings (SSSR count). The Morgan fingerprint density at radius 2 is 2.30 bits per heavy atom. The van der Waals surface area contributed by atoms with E-state index in [4.69, 9.17) is 4.52 Å². The molecule has 1 aliphatic heterocycles. The zero-order chi connectivity index (χ0) is 14.2. The Bertz CT molecular complexity index is 607. The summed E-state index contributed by atoms with van der Waals surface area (Å²) in [6.45, 7) is 6.03. The fraction of sp³-hybridized carbons (Fsp3) is 0.467. The summed E-state index contributed by atoms with van der Waals surface area (Å²) in [5.74, 6) is 1.22. The second-order valence-corrected chi connectivity index (χ2v) is 5.84. The zero-order valence-corrected chi connectivity index (χ0v) is 11.8. The van der Waals surface area contributed by atoms with Crippen LogP contribution in [-0.4, -0.2) is 38.8 Å². The molecule has 106 valence electrons. The summed E-state index contributed by atoms with van der Waals surface area (Å²) < 4.78 is 5.32. The first-order valence-corrected chi connectivity index (χ1v) is 6.86. The maximum absolute atomic E-state index is 9.95. The van der Waals surface area contributed by atoms with Crippen molar-refractivity contribution in [1.82, 2.24) is 15.0 Å². The Labute approximate surface area is 118 Å². The van der Waals surface area contributed by atoms with Gasteiger partial charge in [0.1, 0.15) is 0 Å². The third-order valence-corrected chi connectivity index (χ3v) is 3.63. The first kappa shape index (κ1) is 13.3. The first-order chi connectivity index (χ1) is 9.52. The summed E-state index contributed by atoms with van der Waals surface area (Å²) >= 11 is 0. The second-order valence-electron chi connectivity index (χ2n) is 5.84. The number of hydrogen-bond acceptors (Lipinski definition) is 5. The minimum atomic E-state index is -0.594. The van der Waals surface area contributed by atoms with Gasteiger partial charge in [-0.15, -0.1) is 0 Å². The highest BCUT2D eigenvalue weighted by molar-refractivity contribution is 5.53. The molecule has 1 atom stereocenters. The molecule has 1 N–H and O–H groups in total. The van der Waals surface area contributed by atoms with E-state index in [2.05, 4.69) is 15.0 Å². The van der Waals surface area contributed by atoms with Crippen molar-refractivity contribution < 1.29 is 9.63 Å². The predicted octanol–water partition coefficient (Wildman–Crippen LogP) is 2.00. The third kappa shape index (κ3) is 2.89. The van der Waals surface area contributed by atoms with E-state index in [9.17, 15) is 5.11 Å². The highest BCUT2D eigenvalue weighted by Crippen LogP contribution is 2.23. The Hall–Kier alpha value is -1.72. The lowest BCUT2D eigenvalue weighted by molar-refractivity contribution is 0.0675. The quantitative estimate of drug-likeness (QED) is 0.926. The van der Waals surface area contributed by atoms with Gasteiger partial charge < -0.3 is 9.63 Å². The molecule has 2 heterocycles. The monoisotopic (exact) mass is 273 g/mol. The Morgan fingerprint density at radius 1 is 1.45 bits per heavy atom. The van der Waals surface area contributed by atoms with Crippen LogP contribution < -0.4 is 0 Å². The standard InChI is InChI=1S/C15H19N3O2/c1-11-4-3-5-12(8-11)14-16-13(17-20-14)9-18-7-6-15(2,19)10-18/h3-5,8,19H,6-7,9-10H2,1-2H3. The Balaban J connectivity index is 1.71. The fourth-order valence-electron chi connectivity index (χ4n) is 2.59. The molecule has 1 aromatic heterocycles. The van der Waals surface area contributed by atoms with Gasteiger partial charge in [0.2, 0.25) is 0 Å². The van der Waals surface area contributed by atoms with Crippen LogP contribution >= 0.6 is 0 Å². The van der Waals surface area contributed by atoms with E-state index in [1.54, 1.807) is 0 Å². The van der Waals surface area contributed by atoms with Crippen LogP contribution in [0.5, 0.6) is 0 Å². The van der Waals surface area contributed by atoms with Crippen LogP contribution in [-0.2, 0) is 6.54 Å². The van der Waals surface area contributed by atoms with Crippen LogP contribution in [0.1, 0.15) is 24.7 Å². The minimum absolute atomic E-state index is 0.551. The highest BCUT2D eigenvalue weighted by atomic mass is 16.5. The lowest BCUT2D eigenvalue weighted by Gasteiger charge is -2.16. The van der Waals surface area contributed by atoms with E-state index >= 15 is 0 Å². The van der Waals surface area contributed by atoms with Gasteiger partial charge in [-0.05, 0) is 32.4 Å².